The summed E-state index contributed by atoms with van der Waals surface area (Å²) in [7, 11) is -3.18. The van der Waals surface area contributed by atoms with Crippen LogP contribution in [-0.4, -0.2) is 58.2 Å². The van der Waals surface area contributed by atoms with Crippen molar-refractivity contribution in [2.45, 2.75) is 13.3 Å². The SMILES string of the molecule is Cc1cccc(N2CCN(C(=O)c3ccc(CCNS(C)(=O)=O)s3)CC2)c1. The van der Waals surface area contributed by atoms with Crippen LogP contribution in [0.3, 0.4) is 0 Å². The second-order valence-corrected chi connectivity index (χ2v) is 9.80. The third-order valence-electron chi connectivity index (χ3n) is 4.54. The van der Waals surface area contributed by atoms with Gasteiger partial charge in [0.2, 0.25) is 10.0 Å². The minimum absolute atomic E-state index is 0.0613. The maximum Gasteiger partial charge on any atom is 0.264 e. The van der Waals surface area contributed by atoms with Crippen LogP contribution < -0.4 is 9.62 Å². The third-order valence-corrected chi connectivity index (χ3v) is 6.40. The van der Waals surface area contributed by atoms with Crippen LogP contribution in [-0.2, 0) is 16.4 Å². The number of nitrogens with zero attached hydrogens (tertiary/aromatic N) is 2. The molecule has 1 N–H and O–H groups in total. The number of amides is 1. The quantitative estimate of drug-likeness (QED) is 0.796. The molecule has 0 atom stereocenters. The number of aryl methyl sites for hydroxylation is 1. The lowest BCUT2D eigenvalue weighted by Crippen LogP contribution is -2.48. The van der Waals surface area contributed by atoms with Gasteiger partial charge in [0.15, 0.2) is 0 Å². The molecule has 146 valence electrons. The Kier molecular flexibility index (Phi) is 6.18. The average Bonchev–Trinajstić information content (AvgIpc) is 3.09. The highest BCUT2D eigenvalue weighted by molar-refractivity contribution is 7.88. The molecule has 2 aromatic rings. The molecule has 2 heterocycles. The first-order chi connectivity index (χ1) is 12.8. The van der Waals surface area contributed by atoms with Crippen molar-refractivity contribution in [3.8, 4) is 0 Å². The molecule has 1 saturated heterocycles. The van der Waals surface area contributed by atoms with Crippen LogP contribution in [0, 0.1) is 6.92 Å². The predicted octanol–water partition coefficient (Wildman–Crippen LogP) is 2.11. The van der Waals surface area contributed by atoms with Gasteiger partial charge >= 0.3 is 0 Å². The van der Waals surface area contributed by atoms with Crippen molar-refractivity contribution < 1.29 is 13.2 Å². The van der Waals surface area contributed by atoms with Crippen LogP contribution in [0.5, 0.6) is 0 Å². The first kappa shape index (κ1) is 19.9. The van der Waals surface area contributed by atoms with Gasteiger partial charge in [-0.3, -0.25) is 4.79 Å². The van der Waals surface area contributed by atoms with Gasteiger partial charge in [-0.05, 0) is 43.2 Å². The Hall–Kier alpha value is -1.90. The molecular weight excluding hydrogens is 382 g/mol. The number of thiophene rings is 1. The smallest absolute Gasteiger partial charge is 0.264 e. The first-order valence-electron chi connectivity index (χ1n) is 8.96. The number of sulfonamides is 1. The highest BCUT2D eigenvalue weighted by Crippen LogP contribution is 2.22. The minimum Gasteiger partial charge on any atom is -0.368 e. The van der Waals surface area contributed by atoms with E-state index in [1.165, 1.54) is 22.6 Å². The van der Waals surface area contributed by atoms with Gasteiger partial charge in [-0.1, -0.05) is 12.1 Å². The van der Waals surface area contributed by atoms with Crippen molar-refractivity contribution in [1.29, 1.82) is 0 Å². The fraction of sp³-hybridized carbons (Fsp3) is 0.421. The molecule has 0 saturated carbocycles. The standard InChI is InChI=1S/C19H25N3O3S2/c1-15-4-3-5-16(14-15)21-10-12-22(13-11-21)19(23)18-7-6-17(26-18)8-9-20-27(2,24)25/h3-7,14,20H,8-13H2,1-2H3. The second kappa shape index (κ2) is 8.41. The fourth-order valence-corrected chi connectivity index (χ4v) is 4.58. The van der Waals surface area contributed by atoms with Gasteiger partial charge in [0.1, 0.15) is 0 Å². The number of piperazine rings is 1. The summed E-state index contributed by atoms with van der Waals surface area (Å²) >= 11 is 1.44. The van der Waals surface area contributed by atoms with Crippen molar-refractivity contribution in [3.63, 3.8) is 0 Å². The molecule has 0 bridgehead atoms. The maximum absolute atomic E-state index is 12.7. The van der Waals surface area contributed by atoms with E-state index >= 15 is 0 Å². The van der Waals surface area contributed by atoms with Gasteiger partial charge in [0.25, 0.3) is 5.91 Å². The predicted molar refractivity (Wildman–Crippen MR) is 110 cm³/mol. The van der Waals surface area contributed by atoms with E-state index in [2.05, 4.69) is 40.8 Å². The first-order valence-corrected chi connectivity index (χ1v) is 11.7. The molecule has 1 fully saturated rings. The summed E-state index contributed by atoms with van der Waals surface area (Å²) < 4.78 is 24.7. The van der Waals surface area contributed by atoms with Crippen LogP contribution in [0.15, 0.2) is 36.4 Å². The Bertz CT molecular complexity index is 900. The highest BCUT2D eigenvalue weighted by atomic mass is 32.2. The number of carbonyl (C=O) groups excluding carboxylic acids is 1. The molecule has 0 unspecified atom stereocenters. The van der Waals surface area contributed by atoms with Crippen molar-refractivity contribution in [2.24, 2.45) is 0 Å². The molecule has 3 rings (SSSR count). The molecule has 1 aliphatic heterocycles. The van der Waals surface area contributed by atoms with E-state index in [4.69, 9.17) is 0 Å². The lowest BCUT2D eigenvalue weighted by molar-refractivity contribution is 0.0751. The summed E-state index contributed by atoms with van der Waals surface area (Å²) in [5.74, 6) is 0.0613. The van der Waals surface area contributed by atoms with E-state index in [0.29, 0.717) is 30.9 Å². The van der Waals surface area contributed by atoms with E-state index in [0.717, 1.165) is 24.2 Å². The molecule has 1 aliphatic rings. The summed E-state index contributed by atoms with van der Waals surface area (Å²) in [6.45, 7) is 5.49. The number of hydrogen-bond acceptors (Lipinski definition) is 5. The lowest BCUT2D eigenvalue weighted by Gasteiger charge is -2.36. The van der Waals surface area contributed by atoms with E-state index in [1.807, 2.05) is 17.0 Å². The molecule has 1 aromatic carbocycles. The number of carbonyl (C=O) groups is 1. The zero-order valence-corrected chi connectivity index (χ0v) is 17.3. The number of anilines is 1. The Labute approximate surface area is 164 Å². The Morgan fingerprint density at radius 2 is 1.89 bits per heavy atom. The van der Waals surface area contributed by atoms with Gasteiger partial charge in [-0.15, -0.1) is 11.3 Å². The normalized spacial score (nSPS) is 15.2. The molecular formula is C19H25N3O3S2. The maximum atomic E-state index is 12.7. The van der Waals surface area contributed by atoms with Gasteiger partial charge in [-0.2, -0.15) is 0 Å². The summed E-state index contributed by atoms with van der Waals surface area (Å²) in [4.78, 5) is 18.7. The molecule has 27 heavy (non-hydrogen) atoms. The monoisotopic (exact) mass is 407 g/mol. The number of nitrogens with one attached hydrogen (secondary N) is 1. The summed E-state index contributed by atoms with van der Waals surface area (Å²) in [6, 6.07) is 12.2. The van der Waals surface area contributed by atoms with Crippen LogP contribution in [0.1, 0.15) is 20.1 Å². The molecule has 8 heteroatoms. The summed E-state index contributed by atoms with van der Waals surface area (Å²) in [5.41, 5.74) is 2.45. The Balaban J connectivity index is 1.53. The zero-order valence-electron chi connectivity index (χ0n) is 15.6. The van der Waals surface area contributed by atoms with Crippen LogP contribution in [0.2, 0.25) is 0 Å². The average molecular weight is 408 g/mol. The van der Waals surface area contributed by atoms with Crippen LogP contribution >= 0.6 is 11.3 Å². The summed E-state index contributed by atoms with van der Waals surface area (Å²) in [5, 5.41) is 0. The van der Waals surface area contributed by atoms with Gasteiger partial charge < -0.3 is 9.80 Å². The minimum atomic E-state index is -3.18. The molecule has 1 amide bonds. The number of rotatable bonds is 6. The Morgan fingerprint density at radius 1 is 1.15 bits per heavy atom. The van der Waals surface area contributed by atoms with Crippen molar-refractivity contribution in [1.82, 2.24) is 9.62 Å². The van der Waals surface area contributed by atoms with Crippen LogP contribution in [0.4, 0.5) is 5.69 Å². The van der Waals surface area contributed by atoms with E-state index in [-0.39, 0.29) is 5.91 Å². The number of hydrogen-bond donors (Lipinski definition) is 1. The molecule has 1 aromatic heterocycles. The van der Waals surface area contributed by atoms with E-state index in [9.17, 15) is 13.2 Å². The largest absolute Gasteiger partial charge is 0.368 e. The van der Waals surface area contributed by atoms with Crippen molar-refractivity contribution >= 4 is 33.0 Å². The van der Waals surface area contributed by atoms with Crippen molar-refractivity contribution in [2.75, 3.05) is 43.9 Å². The second-order valence-electron chi connectivity index (χ2n) is 6.80. The summed E-state index contributed by atoms with van der Waals surface area (Å²) in [6.07, 6.45) is 1.74. The topological polar surface area (TPSA) is 69.7 Å². The van der Waals surface area contributed by atoms with E-state index < -0.39 is 10.0 Å². The fourth-order valence-electron chi connectivity index (χ4n) is 3.14. The molecule has 6 nitrogen and oxygen atoms in total. The van der Waals surface area contributed by atoms with Gasteiger partial charge in [-0.25, -0.2) is 13.1 Å². The third kappa shape index (κ3) is 5.54. The van der Waals surface area contributed by atoms with Crippen molar-refractivity contribution in [3.05, 3.63) is 51.7 Å². The molecule has 0 spiro atoms. The van der Waals surface area contributed by atoms with Gasteiger partial charge in [0.05, 0.1) is 11.1 Å². The van der Waals surface area contributed by atoms with E-state index in [1.54, 1.807) is 0 Å². The van der Waals surface area contributed by atoms with Crippen LogP contribution in [0.25, 0.3) is 0 Å². The zero-order chi connectivity index (χ0) is 19.4. The Morgan fingerprint density at radius 3 is 2.56 bits per heavy atom. The van der Waals surface area contributed by atoms with Gasteiger partial charge in [0, 0.05) is 43.3 Å². The number of benzene rings is 1. The molecule has 0 radical (unpaired) electrons. The lowest BCUT2D eigenvalue weighted by atomic mass is 10.2. The highest BCUT2D eigenvalue weighted by Gasteiger charge is 2.23. The molecule has 0 aliphatic carbocycles.